The van der Waals surface area contributed by atoms with Gasteiger partial charge < -0.3 is 15.0 Å². The minimum Gasteiger partial charge on any atom is -0.497 e. The van der Waals surface area contributed by atoms with Gasteiger partial charge in [-0.05, 0) is 29.3 Å². The molecule has 2 heterocycles. The number of methoxy groups -OCH3 is 1. The summed E-state index contributed by atoms with van der Waals surface area (Å²) in [4.78, 5) is 21.7. The highest BCUT2D eigenvalue weighted by molar-refractivity contribution is 6.28. The average Bonchev–Trinajstić information content (AvgIpc) is 2.49. The number of nitrogens with one attached hydrogen (secondary N) is 1. The molecule has 108 valence electrons. The summed E-state index contributed by atoms with van der Waals surface area (Å²) in [6, 6.07) is 7.67. The molecule has 21 heavy (non-hydrogen) atoms. The first-order chi connectivity index (χ1) is 10.2. The lowest BCUT2D eigenvalue weighted by atomic mass is 10.2. The van der Waals surface area contributed by atoms with Crippen LogP contribution in [-0.4, -0.2) is 29.5 Å². The lowest BCUT2D eigenvalue weighted by molar-refractivity contribution is -0.115. The third kappa shape index (κ3) is 2.90. The van der Waals surface area contributed by atoms with Crippen LogP contribution in [0.2, 0.25) is 5.28 Å². The maximum atomic E-state index is 11.8. The summed E-state index contributed by atoms with van der Waals surface area (Å²) in [6.45, 7) is 0.782. The Balaban J connectivity index is 1.88. The van der Waals surface area contributed by atoms with Crippen LogP contribution in [0.1, 0.15) is 5.56 Å². The summed E-state index contributed by atoms with van der Waals surface area (Å²) in [5.74, 6) is 1.33. The summed E-state index contributed by atoms with van der Waals surface area (Å²) in [5.41, 5.74) is 1.62. The van der Waals surface area contributed by atoms with Crippen molar-refractivity contribution in [1.29, 1.82) is 0 Å². The Kier molecular flexibility index (Phi) is 3.62. The molecule has 1 aromatic heterocycles. The van der Waals surface area contributed by atoms with Crippen molar-refractivity contribution >= 4 is 29.0 Å². The predicted molar refractivity (Wildman–Crippen MR) is 79.7 cm³/mol. The summed E-state index contributed by atoms with van der Waals surface area (Å²) < 4.78 is 5.13. The summed E-state index contributed by atoms with van der Waals surface area (Å²) in [7, 11) is 1.62. The van der Waals surface area contributed by atoms with Crippen molar-refractivity contribution in [3.8, 4) is 5.75 Å². The second-order valence-corrected chi connectivity index (χ2v) is 4.97. The van der Waals surface area contributed by atoms with Gasteiger partial charge in [0, 0.05) is 6.54 Å². The maximum absolute atomic E-state index is 11.8. The molecule has 1 N–H and O–H groups in total. The fourth-order valence-corrected chi connectivity index (χ4v) is 2.33. The highest BCUT2D eigenvalue weighted by atomic mass is 35.5. The van der Waals surface area contributed by atoms with Gasteiger partial charge in [-0.1, -0.05) is 12.1 Å². The van der Waals surface area contributed by atoms with E-state index in [-0.39, 0.29) is 17.7 Å². The average molecular weight is 305 g/mol. The van der Waals surface area contributed by atoms with E-state index in [0.29, 0.717) is 18.1 Å². The SMILES string of the molecule is COc1ccc(CN2CC(=O)Nc3cnc(Cl)nc32)cc1. The van der Waals surface area contributed by atoms with Crippen LogP contribution in [0.4, 0.5) is 11.5 Å². The van der Waals surface area contributed by atoms with Crippen LogP contribution in [-0.2, 0) is 11.3 Å². The molecule has 0 aliphatic carbocycles. The smallest absolute Gasteiger partial charge is 0.244 e. The standard InChI is InChI=1S/C14H13ClN4O2/c1-21-10-4-2-9(3-5-10)7-19-8-12(20)17-11-6-16-14(15)18-13(11)19/h2-6H,7-8H2,1H3,(H,17,20). The second kappa shape index (κ2) is 5.57. The number of aromatic nitrogens is 2. The number of carbonyl (C=O) groups is 1. The number of benzene rings is 1. The van der Waals surface area contributed by atoms with Gasteiger partial charge in [0.15, 0.2) is 5.82 Å². The van der Waals surface area contributed by atoms with E-state index in [1.165, 1.54) is 6.20 Å². The lowest BCUT2D eigenvalue weighted by Gasteiger charge is -2.29. The van der Waals surface area contributed by atoms with E-state index in [2.05, 4.69) is 15.3 Å². The van der Waals surface area contributed by atoms with E-state index in [0.717, 1.165) is 11.3 Å². The minimum atomic E-state index is -0.0954. The number of nitrogens with zero attached hydrogens (tertiary/aromatic N) is 3. The normalized spacial score (nSPS) is 13.6. The number of ether oxygens (including phenoxy) is 1. The molecule has 1 aromatic carbocycles. The van der Waals surface area contributed by atoms with E-state index in [4.69, 9.17) is 16.3 Å². The van der Waals surface area contributed by atoms with Crippen molar-refractivity contribution in [2.24, 2.45) is 0 Å². The number of hydrogen-bond donors (Lipinski definition) is 1. The fraction of sp³-hybridized carbons (Fsp3) is 0.214. The maximum Gasteiger partial charge on any atom is 0.244 e. The van der Waals surface area contributed by atoms with E-state index in [1.54, 1.807) is 7.11 Å². The van der Waals surface area contributed by atoms with Crippen LogP contribution >= 0.6 is 11.6 Å². The van der Waals surface area contributed by atoms with Gasteiger partial charge in [-0.25, -0.2) is 4.98 Å². The van der Waals surface area contributed by atoms with Crippen LogP contribution in [0.25, 0.3) is 0 Å². The van der Waals surface area contributed by atoms with Crippen LogP contribution in [0, 0.1) is 0 Å². The molecule has 0 saturated carbocycles. The molecule has 1 amide bonds. The van der Waals surface area contributed by atoms with Gasteiger partial charge >= 0.3 is 0 Å². The molecule has 7 heteroatoms. The van der Waals surface area contributed by atoms with Crippen LogP contribution in [0.15, 0.2) is 30.5 Å². The molecule has 2 aromatic rings. The molecule has 0 atom stereocenters. The second-order valence-electron chi connectivity index (χ2n) is 4.63. The summed E-state index contributed by atoms with van der Waals surface area (Å²) >= 11 is 5.84. The van der Waals surface area contributed by atoms with Crippen LogP contribution in [0.3, 0.4) is 0 Å². The summed E-state index contributed by atoms with van der Waals surface area (Å²) in [5, 5.41) is 2.89. The third-order valence-electron chi connectivity index (χ3n) is 3.18. The highest BCUT2D eigenvalue weighted by Crippen LogP contribution is 2.28. The first-order valence-electron chi connectivity index (χ1n) is 6.36. The zero-order valence-corrected chi connectivity index (χ0v) is 12.1. The van der Waals surface area contributed by atoms with E-state index < -0.39 is 0 Å². The zero-order chi connectivity index (χ0) is 14.8. The van der Waals surface area contributed by atoms with Crippen molar-refractivity contribution in [3.63, 3.8) is 0 Å². The number of halogens is 1. The monoisotopic (exact) mass is 304 g/mol. The number of amides is 1. The Bertz CT molecular complexity index is 675. The molecular weight excluding hydrogens is 292 g/mol. The number of anilines is 2. The Morgan fingerprint density at radius 2 is 2.14 bits per heavy atom. The van der Waals surface area contributed by atoms with Gasteiger partial charge in [-0.15, -0.1) is 0 Å². The van der Waals surface area contributed by atoms with Crippen molar-refractivity contribution in [1.82, 2.24) is 9.97 Å². The molecule has 0 saturated heterocycles. The first-order valence-corrected chi connectivity index (χ1v) is 6.74. The van der Waals surface area contributed by atoms with Gasteiger partial charge in [-0.2, -0.15) is 4.98 Å². The zero-order valence-electron chi connectivity index (χ0n) is 11.3. The van der Waals surface area contributed by atoms with Crippen molar-refractivity contribution in [2.75, 3.05) is 23.9 Å². The topological polar surface area (TPSA) is 67.3 Å². The van der Waals surface area contributed by atoms with E-state index >= 15 is 0 Å². The molecule has 3 rings (SSSR count). The van der Waals surface area contributed by atoms with Gasteiger partial charge in [0.05, 0.1) is 19.9 Å². The predicted octanol–water partition coefficient (Wildman–Crippen LogP) is 2.10. The molecule has 0 unspecified atom stereocenters. The fourth-order valence-electron chi connectivity index (χ4n) is 2.20. The minimum absolute atomic E-state index is 0.0954. The Morgan fingerprint density at radius 3 is 2.86 bits per heavy atom. The third-order valence-corrected chi connectivity index (χ3v) is 3.36. The molecule has 0 spiro atoms. The van der Waals surface area contributed by atoms with E-state index in [1.807, 2.05) is 29.2 Å². The summed E-state index contributed by atoms with van der Waals surface area (Å²) in [6.07, 6.45) is 1.52. The number of rotatable bonds is 3. The Morgan fingerprint density at radius 1 is 1.38 bits per heavy atom. The molecule has 1 aliphatic rings. The molecule has 0 bridgehead atoms. The lowest BCUT2D eigenvalue weighted by Crippen LogP contribution is -2.38. The van der Waals surface area contributed by atoms with Gasteiger partial charge in [0.1, 0.15) is 11.4 Å². The van der Waals surface area contributed by atoms with Crippen LogP contribution < -0.4 is 15.0 Å². The number of carbonyl (C=O) groups excluding carboxylic acids is 1. The molecule has 6 nitrogen and oxygen atoms in total. The number of hydrogen-bond acceptors (Lipinski definition) is 5. The largest absolute Gasteiger partial charge is 0.497 e. The Hall–Kier alpha value is -2.34. The van der Waals surface area contributed by atoms with Gasteiger partial charge in [-0.3, -0.25) is 4.79 Å². The van der Waals surface area contributed by atoms with Crippen molar-refractivity contribution < 1.29 is 9.53 Å². The Labute approximate surface area is 126 Å². The van der Waals surface area contributed by atoms with Crippen LogP contribution in [0.5, 0.6) is 5.75 Å². The molecule has 1 aliphatic heterocycles. The van der Waals surface area contributed by atoms with Crippen molar-refractivity contribution in [2.45, 2.75) is 6.54 Å². The number of fused-ring (bicyclic) bond motifs is 1. The first kappa shape index (κ1) is 13.6. The molecular formula is C14H13ClN4O2. The van der Waals surface area contributed by atoms with Gasteiger partial charge in [0.2, 0.25) is 11.2 Å². The molecule has 0 fully saturated rings. The van der Waals surface area contributed by atoms with Gasteiger partial charge in [0.25, 0.3) is 0 Å². The highest BCUT2D eigenvalue weighted by Gasteiger charge is 2.24. The van der Waals surface area contributed by atoms with Crippen molar-refractivity contribution in [3.05, 3.63) is 41.3 Å². The molecule has 0 radical (unpaired) electrons. The quantitative estimate of drug-likeness (QED) is 0.880. The van der Waals surface area contributed by atoms with E-state index in [9.17, 15) is 4.79 Å².